The third-order valence-electron chi connectivity index (χ3n) is 1.98. The van der Waals surface area contributed by atoms with Gasteiger partial charge in [-0.3, -0.25) is 0 Å². The molecule has 0 saturated heterocycles. The molecule has 4 nitrogen and oxygen atoms in total. The van der Waals surface area contributed by atoms with E-state index in [9.17, 15) is 4.79 Å². The first kappa shape index (κ1) is 11.8. The molecule has 0 saturated carbocycles. The fourth-order valence-electron chi connectivity index (χ4n) is 1.13. The maximum absolute atomic E-state index is 11.0. The summed E-state index contributed by atoms with van der Waals surface area (Å²) in [4.78, 5) is 11.0. The van der Waals surface area contributed by atoms with Crippen molar-refractivity contribution in [1.29, 1.82) is 5.26 Å². The van der Waals surface area contributed by atoms with Gasteiger partial charge in [0, 0.05) is 6.08 Å². The SMILES string of the molecule is COC(=O)C=C(C#N)c1ccc(OC)cc1. The number of rotatable bonds is 3. The average molecular weight is 217 g/mol. The van der Waals surface area contributed by atoms with Gasteiger partial charge >= 0.3 is 5.97 Å². The minimum absolute atomic E-state index is 0.259. The maximum atomic E-state index is 11.0. The fraction of sp³-hybridized carbons (Fsp3) is 0.167. The Balaban J connectivity index is 3.01. The van der Waals surface area contributed by atoms with E-state index in [1.165, 1.54) is 7.11 Å². The van der Waals surface area contributed by atoms with Gasteiger partial charge in [-0.15, -0.1) is 0 Å². The second kappa shape index (κ2) is 5.56. The van der Waals surface area contributed by atoms with Crippen molar-refractivity contribution in [1.82, 2.24) is 0 Å². The highest BCUT2D eigenvalue weighted by molar-refractivity contribution is 5.95. The summed E-state index contributed by atoms with van der Waals surface area (Å²) in [5, 5.41) is 8.89. The van der Waals surface area contributed by atoms with Gasteiger partial charge in [0.2, 0.25) is 0 Å². The number of esters is 1. The number of hydrogen-bond donors (Lipinski definition) is 0. The van der Waals surface area contributed by atoms with Gasteiger partial charge < -0.3 is 9.47 Å². The first-order valence-electron chi connectivity index (χ1n) is 4.55. The van der Waals surface area contributed by atoms with Gasteiger partial charge in [-0.25, -0.2) is 4.79 Å². The molecule has 0 spiro atoms. The number of methoxy groups -OCH3 is 2. The first-order chi connectivity index (χ1) is 7.71. The molecule has 0 heterocycles. The second-order valence-electron chi connectivity index (χ2n) is 2.92. The van der Waals surface area contributed by atoms with Crippen LogP contribution >= 0.6 is 0 Å². The standard InChI is InChI=1S/C12H11NO3/c1-15-11-5-3-9(4-6-11)10(8-13)7-12(14)16-2/h3-7H,1-2H3. The van der Waals surface area contributed by atoms with E-state index in [1.807, 2.05) is 6.07 Å². The summed E-state index contributed by atoms with van der Waals surface area (Å²) in [6.07, 6.45) is 1.15. The smallest absolute Gasteiger partial charge is 0.331 e. The van der Waals surface area contributed by atoms with Crippen LogP contribution in [0.1, 0.15) is 5.56 Å². The van der Waals surface area contributed by atoms with E-state index in [-0.39, 0.29) is 5.57 Å². The molecule has 82 valence electrons. The normalized spacial score (nSPS) is 10.4. The summed E-state index contributed by atoms with van der Waals surface area (Å²) in [5.41, 5.74) is 0.906. The highest BCUT2D eigenvalue weighted by Gasteiger charge is 2.04. The molecule has 0 atom stereocenters. The molecule has 1 rings (SSSR count). The maximum Gasteiger partial charge on any atom is 0.331 e. The van der Waals surface area contributed by atoms with Crippen molar-refractivity contribution in [3.63, 3.8) is 0 Å². The van der Waals surface area contributed by atoms with Crippen LogP contribution in [0.2, 0.25) is 0 Å². The summed E-state index contributed by atoms with van der Waals surface area (Å²) in [7, 11) is 2.83. The van der Waals surface area contributed by atoms with Gasteiger partial charge in [-0.1, -0.05) is 0 Å². The molecule has 0 aliphatic carbocycles. The molecule has 0 amide bonds. The largest absolute Gasteiger partial charge is 0.497 e. The van der Waals surface area contributed by atoms with Crippen molar-refractivity contribution in [3.05, 3.63) is 35.9 Å². The highest BCUT2D eigenvalue weighted by Crippen LogP contribution is 2.18. The van der Waals surface area contributed by atoms with E-state index in [1.54, 1.807) is 31.4 Å². The Kier molecular flexibility index (Phi) is 4.10. The number of ether oxygens (including phenoxy) is 2. The Morgan fingerprint density at radius 3 is 2.38 bits per heavy atom. The molecular formula is C12H11NO3. The van der Waals surface area contributed by atoms with Gasteiger partial charge in [-0.2, -0.15) is 5.26 Å². The van der Waals surface area contributed by atoms with E-state index in [4.69, 9.17) is 10.00 Å². The van der Waals surface area contributed by atoms with E-state index in [0.29, 0.717) is 11.3 Å². The van der Waals surface area contributed by atoms with Crippen molar-refractivity contribution in [2.45, 2.75) is 0 Å². The molecule has 0 fully saturated rings. The zero-order valence-corrected chi connectivity index (χ0v) is 9.06. The zero-order valence-electron chi connectivity index (χ0n) is 9.06. The summed E-state index contributed by atoms with van der Waals surface area (Å²) in [5.74, 6) is 0.145. The lowest BCUT2D eigenvalue weighted by Crippen LogP contribution is -1.96. The van der Waals surface area contributed by atoms with E-state index < -0.39 is 5.97 Å². The minimum atomic E-state index is -0.549. The van der Waals surface area contributed by atoms with Crippen LogP contribution in [0, 0.1) is 11.3 Å². The second-order valence-corrected chi connectivity index (χ2v) is 2.92. The third kappa shape index (κ3) is 2.85. The van der Waals surface area contributed by atoms with Crippen molar-refractivity contribution >= 4 is 11.5 Å². The van der Waals surface area contributed by atoms with Crippen LogP contribution in [0.5, 0.6) is 5.75 Å². The summed E-state index contributed by atoms with van der Waals surface area (Å²) < 4.78 is 9.45. The molecule has 1 aromatic carbocycles. The number of allylic oxidation sites excluding steroid dienone is 1. The molecular weight excluding hydrogens is 206 g/mol. The minimum Gasteiger partial charge on any atom is -0.497 e. The number of hydrogen-bond acceptors (Lipinski definition) is 4. The molecule has 1 aromatic rings. The monoisotopic (exact) mass is 217 g/mol. The molecule has 0 radical (unpaired) electrons. The van der Waals surface area contributed by atoms with Crippen molar-refractivity contribution in [3.8, 4) is 11.8 Å². The molecule has 0 aliphatic rings. The predicted molar refractivity (Wildman–Crippen MR) is 58.6 cm³/mol. The van der Waals surface area contributed by atoms with Gasteiger partial charge in [0.05, 0.1) is 19.8 Å². The molecule has 0 N–H and O–H groups in total. The Hall–Kier alpha value is -2.28. The van der Waals surface area contributed by atoms with Gasteiger partial charge in [0.1, 0.15) is 11.8 Å². The van der Waals surface area contributed by atoms with Gasteiger partial charge in [0.25, 0.3) is 0 Å². The lowest BCUT2D eigenvalue weighted by molar-refractivity contribution is -0.134. The number of benzene rings is 1. The van der Waals surface area contributed by atoms with Crippen molar-refractivity contribution in [2.75, 3.05) is 14.2 Å². The number of nitriles is 1. The zero-order chi connectivity index (χ0) is 12.0. The first-order valence-corrected chi connectivity index (χ1v) is 4.55. The summed E-state index contributed by atoms with van der Waals surface area (Å²) >= 11 is 0. The molecule has 0 aromatic heterocycles. The summed E-state index contributed by atoms with van der Waals surface area (Å²) in [6, 6.07) is 8.79. The Morgan fingerprint density at radius 2 is 1.94 bits per heavy atom. The lowest BCUT2D eigenvalue weighted by Gasteiger charge is -2.01. The van der Waals surface area contributed by atoms with Gasteiger partial charge in [0.15, 0.2) is 0 Å². The average Bonchev–Trinajstić information content (AvgIpc) is 2.35. The number of nitrogens with zero attached hydrogens (tertiary/aromatic N) is 1. The summed E-state index contributed by atoms with van der Waals surface area (Å²) in [6.45, 7) is 0. The molecule has 0 aliphatic heterocycles. The van der Waals surface area contributed by atoms with Crippen LogP contribution in [0.15, 0.2) is 30.3 Å². The van der Waals surface area contributed by atoms with Crippen LogP contribution in [-0.4, -0.2) is 20.2 Å². The van der Waals surface area contributed by atoms with Gasteiger partial charge in [-0.05, 0) is 29.8 Å². The van der Waals surface area contributed by atoms with Crippen LogP contribution in [0.3, 0.4) is 0 Å². The molecule has 0 unspecified atom stereocenters. The topological polar surface area (TPSA) is 59.3 Å². The number of carbonyl (C=O) groups is 1. The van der Waals surface area contributed by atoms with E-state index in [2.05, 4.69) is 4.74 Å². The van der Waals surface area contributed by atoms with Crippen LogP contribution in [-0.2, 0) is 9.53 Å². The van der Waals surface area contributed by atoms with Crippen molar-refractivity contribution in [2.24, 2.45) is 0 Å². The molecule has 4 heteroatoms. The molecule has 0 bridgehead atoms. The van der Waals surface area contributed by atoms with Crippen molar-refractivity contribution < 1.29 is 14.3 Å². The van der Waals surface area contributed by atoms with Crippen LogP contribution in [0.25, 0.3) is 5.57 Å². The Morgan fingerprint density at radius 1 is 1.31 bits per heavy atom. The molecule has 16 heavy (non-hydrogen) atoms. The highest BCUT2D eigenvalue weighted by atomic mass is 16.5. The number of carbonyl (C=O) groups excluding carboxylic acids is 1. The third-order valence-corrected chi connectivity index (χ3v) is 1.98. The fourth-order valence-corrected chi connectivity index (χ4v) is 1.13. The Bertz CT molecular complexity index is 440. The van der Waals surface area contributed by atoms with E-state index >= 15 is 0 Å². The van der Waals surface area contributed by atoms with Crippen LogP contribution < -0.4 is 4.74 Å². The Labute approximate surface area is 93.7 Å². The van der Waals surface area contributed by atoms with E-state index in [0.717, 1.165) is 6.08 Å². The quantitative estimate of drug-likeness (QED) is 0.440. The van der Waals surface area contributed by atoms with Crippen LogP contribution in [0.4, 0.5) is 0 Å². The lowest BCUT2D eigenvalue weighted by atomic mass is 10.1. The predicted octanol–water partition coefficient (Wildman–Crippen LogP) is 1.78.